The van der Waals surface area contributed by atoms with Crippen LogP contribution in [0.25, 0.3) is 11.0 Å². The van der Waals surface area contributed by atoms with E-state index >= 15 is 0 Å². The lowest BCUT2D eigenvalue weighted by molar-refractivity contribution is -0.0593. The number of hydrogen-bond donors (Lipinski definition) is 2. The molecule has 2 aliphatic heterocycles. The van der Waals surface area contributed by atoms with E-state index in [1.54, 1.807) is 35.9 Å². The quantitative estimate of drug-likeness (QED) is 0.203. The summed E-state index contributed by atoms with van der Waals surface area (Å²) in [7, 11) is 0. The second kappa shape index (κ2) is 12.9. The number of aromatic nitrogens is 4. The van der Waals surface area contributed by atoms with E-state index in [4.69, 9.17) is 24.4 Å². The molecule has 228 valence electrons. The highest BCUT2D eigenvalue weighted by molar-refractivity contribution is 5.96. The Labute approximate surface area is 253 Å². The molecule has 0 saturated carbocycles. The smallest absolute Gasteiger partial charge is 0.274 e. The van der Waals surface area contributed by atoms with Gasteiger partial charge in [-0.15, -0.1) is 0 Å². The van der Waals surface area contributed by atoms with Crippen LogP contribution in [-0.4, -0.2) is 66.9 Å². The number of amides is 1. The minimum atomic E-state index is -0.568. The number of nitriles is 1. The molecule has 0 unspecified atom stereocenters. The Bertz CT molecular complexity index is 1700. The van der Waals surface area contributed by atoms with Gasteiger partial charge in [0.15, 0.2) is 5.82 Å². The highest BCUT2D eigenvalue weighted by Gasteiger charge is 2.29. The van der Waals surface area contributed by atoms with Gasteiger partial charge in [-0.3, -0.25) is 14.9 Å². The molecule has 1 amide bonds. The number of carbonyl (C=O) groups is 1. The van der Waals surface area contributed by atoms with Crippen LogP contribution in [0.15, 0.2) is 48.7 Å². The van der Waals surface area contributed by atoms with E-state index < -0.39 is 11.7 Å². The molecular formula is C31H32FN7O5. The second-order valence-corrected chi connectivity index (χ2v) is 11.0. The highest BCUT2D eigenvalue weighted by Crippen LogP contribution is 2.27. The van der Waals surface area contributed by atoms with Crippen LogP contribution >= 0.6 is 0 Å². The fourth-order valence-corrected chi connectivity index (χ4v) is 5.58. The van der Waals surface area contributed by atoms with Gasteiger partial charge in [0.05, 0.1) is 35.8 Å². The lowest BCUT2D eigenvalue weighted by Gasteiger charge is -2.37. The van der Waals surface area contributed by atoms with Crippen LogP contribution in [0.2, 0.25) is 0 Å². The standard InChI is InChI=1S/C31H32FN7O5/c1-19-12-23(44-30-6-9-34-28(36-30)18-43-27-5-3-22(32)13-21(27)15-33)7-10-38(19)17-29-35-25-4-2-20(31(40)37-41)14-26(25)39(29)16-24-8-11-42-24/h2-6,9,13-14,19,23-24,41H,7-8,10-12,16-18H2,1H3,(H,37,40)/t19-,23-,24-/m0/s1. The van der Waals surface area contributed by atoms with Gasteiger partial charge < -0.3 is 18.8 Å². The molecule has 44 heavy (non-hydrogen) atoms. The summed E-state index contributed by atoms with van der Waals surface area (Å²) >= 11 is 0. The molecule has 2 aromatic heterocycles. The molecule has 6 rings (SSSR count). The summed E-state index contributed by atoms with van der Waals surface area (Å²) in [4.78, 5) is 28.0. The summed E-state index contributed by atoms with van der Waals surface area (Å²) in [5, 5.41) is 18.3. The molecule has 0 bridgehead atoms. The van der Waals surface area contributed by atoms with E-state index in [1.807, 2.05) is 6.07 Å². The van der Waals surface area contributed by atoms with Crippen LogP contribution in [0.5, 0.6) is 11.6 Å². The zero-order chi connectivity index (χ0) is 30.6. The molecule has 0 aliphatic carbocycles. The summed E-state index contributed by atoms with van der Waals surface area (Å²) in [6.45, 7) is 4.96. The first-order valence-electron chi connectivity index (χ1n) is 14.5. The number of nitrogens with one attached hydrogen (secondary N) is 1. The maximum absolute atomic E-state index is 13.4. The van der Waals surface area contributed by atoms with E-state index in [0.29, 0.717) is 30.4 Å². The molecule has 12 nitrogen and oxygen atoms in total. The first kappa shape index (κ1) is 29.4. The van der Waals surface area contributed by atoms with Gasteiger partial charge >= 0.3 is 0 Å². The molecule has 13 heteroatoms. The van der Waals surface area contributed by atoms with Crippen molar-refractivity contribution in [1.82, 2.24) is 29.9 Å². The molecule has 2 saturated heterocycles. The fraction of sp³-hybridized carbons (Fsp3) is 0.387. The van der Waals surface area contributed by atoms with Gasteiger partial charge in [0.25, 0.3) is 5.91 Å². The summed E-state index contributed by atoms with van der Waals surface area (Å²) in [5.41, 5.74) is 3.77. The molecule has 2 N–H and O–H groups in total. The lowest BCUT2D eigenvalue weighted by Crippen LogP contribution is -2.44. The van der Waals surface area contributed by atoms with Crippen molar-refractivity contribution in [3.63, 3.8) is 0 Å². The van der Waals surface area contributed by atoms with Crippen molar-refractivity contribution >= 4 is 16.9 Å². The minimum Gasteiger partial charge on any atom is -0.484 e. The molecule has 2 aliphatic rings. The van der Waals surface area contributed by atoms with Crippen LogP contribution in [0, 0.1) is 17.1 Å². The van der Waals surface area contributed by atoms with E-state index in [-0.39, 0.29) is 36.2 Å². The SMILES string of the molecule is C[C@H]1C[C@@H](Oc2ccnc(COc3ccc(F)cc3C#N)n2)CCN1Cc1nc2ccc(C(=O)NO)cc2n1C[C@@H]1CCO1. The van der Waals surface area contributed by atoms with Gasteiger partial charge in [-0.05, 0) is 62.6 Å². The number of nitrogens with zero attached hydrogens (tertiary/aromatic N) is 6. The van der Waals surface area contributed by atoms with E-state index in [9.17, 15) is 14.4 Å². The third-order valence-electron chi connectivity index (χ3n) is 8.07. The van der Waals surface area contributed by atoms with E-state index in [1.165, 1.54) is 12.1 Å². The van der Waals surface area contributed by atoms with Crippen molar-refractivity contribution in [2.75, 3.05) is 13.2 Å². The summed E-state index contributed by atoms with van der Waals surface area (Å²) in [5.74, 6) is 0.899. The number of hydrogen-bond acceptors (Lipinski definition) is 10. The number of ether oxygens (including phenoxy) is 3. The topological polar surface area (TPSA) is 148 Å². The van der Waals surface area contributed by atoms with E-state index in [0.717, 1.165) is 55.3 Å². The normalized spacial score (nSPS) is 20.1. The average Bonchev–Trinajstić information content (AvgIpc) is 3.35. The number of likely N-dealkylation sites (tertiary alicyclic amines) is 1. The predicted octanol–water partition coefficient (Wildman–Crippen LogP) is 3.76. The van der Waals surface area contributed by atoms with Crippen LogP contribution in [0.1, 0.15) is 53.8 Å². The molecule has 4 aromatic rings. The number of benzene rings is 2. The number of imidazole rings is 1. The van der Waals surface area contributed by atoms with Crippen molar-refractivity contribution in [2.45, 2.75) is 64.1 Å². The minimum absolute atomic E-state index is 0.00538. The fourth-order valence-electron chi connectivity index (χ4n) is 5.58. The Kier molecular flexibility index (Phi) is 8.65. The Hall–Kier alpha value is -4.64. The van der Waals surface area contributed by atoms with Crippen molar-refractivity contribution in [3.8, 4) is 17.7 Å². The molecule has 0 radical (unpaired) electrons. The molecule has 3 atom stereocenters. The van der Waals surface area contributed by atoms with Gasteiger partial charge in [-0.1, -0.05) is 0 Å². The Morgan fingerprint density at radius 3 is 2.84 bits per heavy atom. The van der Waals surface area contributed by atoms with Gasteiger partial charge in [-0.2, -0.15) is 10.2 Å². The molecule has 0 spiro atoms. The molecular weight excluding hydrogens is 569 g/mol. The van der Waals surface area contributed by atoms with Crippen molar-refractivity contribution in [3.05, 3.63) is 77.3 Å². The second-order valence-electron chi connectivity index (χ2n) is 11.0. The Morgan fingerprint density at radius 1 is 1.23 bits per heavy atom. The third-order valence-corrected chi connectivity index (χ3v) is 8.07. The average molecular weight is 602 g/mol. The largest absolute Gasteiger partial charge is 0.484 e. The van der Waals surface area contributed by atoms with Gasteiger partial charge in [0.2, 0.25) is 5.88 Å². The molecule has 4 heterocycles. The molecule has 2 fully saturated rings. The number of carbonyl (C=O) groups excluding carboxylic acids is 1. The zero-order valence-corrected chi connectivity index (χ0v) is 24.1. The maximum atomic E-state index is 13.4. The maximum Gasteiger partial charge on any atom is 0.274 e. The summed E-state index contributed by atoms with van der Waals surface area (Å²) in [6.07, 6.45) is 4.19. The monoisotopic (exact) mass is 601 g/mol. The van der Waals surface area contributed by atoms with Crippen LogP contribution in [-0.2, 0) is 24.4 Å². The lowest BCUT2D eigenvalue weighted by atomic mass is 10.0. The van der Waals surface area contributed by atoms with Gasteiger partial charge in [-0.25, -0.2) is 19.8 Å². The predicted molar refractivity (Wildman–Crippen MR) is 154 cm³/mol. The van der Waals surface area contributed by atoms with Crippen LogP contribution in [0.3, 0.4) is 0 Å². The highest BCUT2D eigenvalue weighted by atomic mass is 19.1. The Balaban J connectivity index is 1.10. The summed E-state index contributed by atoms with van der Waals surface area (Å²) in [6, 6.07) is 12.8. The van der Waals surface area contributed by atoms with Gasteiger partial charge in [0.1, 0.15) is 36.2 Å². The first-order valence-corrected chi connectivity index (χ1v) is 14.5. The number of hydroxylamine groups is 1. The van der Waals surface area contributed by atoms with E-state index in [2.05, 4.69) is 26.4 Å². The Morgan fingerprint density at radius 2 is 2.09 bits per heavy atom. The number of fused-ring (bicyclic) bond motifs is 1. The third kappa shape index (κ3) is 6.47. The van der Waals surface area contributed by atoms with Crippen LogP contribution in [0.4, 0.5) is 4.39 Å². The molecule has 2 aromatic carbocycles. The van der Waals surface area contributed by atoms with Crippen molar-refractivity contribution in [2.24, 2.45) is 0 Å². The zero-order valence-electron chi connectivity index (χ0n) is 24.1. The van der Waals surface area contributed by atoms with Gasteiger partial charge in [0, 0.05) is 37.0 Å². The van der Waals surface area contributed by atoms with Crippen molar-refractivity contribution in [1.29, 1.82) is 5.26 Å². The number of rotatable bonds is 10. The number of halogens is 1. The van der Waals surface area contributed by atoms with Crippen molar-refractivity contribution < 1.29 is 28.6 Å². The summed E-state index contributed by atoms with van der Waals surface area (Å²) < 4.78 is 33.2. The first-order chi connectivity index (χ1) is 21.4. The number of piperidine rings is 1. The van der Waals surface area contributed by atoms with Crippen LogP contribution < -0.4 is 15.0 Å².